The van der Waals surface area contributed by atoms with E-state index in [1.807, 2.05) is 12.1 Å². The minimum Gasteiger partial charge on any atom is -0.387 e. The van der Waals surface area contributed by atoms with Crippen LogP contribution in [-0.4, -0.2) is 10.8 Å². The van der Waals surface area contributed by atoms with Crippen molar-refractivity contribution in [3.05, 3.63) is 23.5 Å². The summed E-state index contributed by atoms with van der Waals surface area (Å²) in [6, 6.07) is 3.79. The third-order valence-corrected chi connectivity index (χ3v) is 1.41. The van der Waals surface area contributed by atoms with Crippen LogP contribution in [0.15, 0.2) is 12.1 Å². The molecule has 60 valence electrons. The molecule has 1 aromatic rings. The Balaban J connectivity index is 2.65. The molecule has 1 heterocycles. The maximum Gasteiger partial charge on any atom is 0.0965 e. The number of aromatic nitrogens is 1. The summed E-state index contributed by atoms with van der Waals surface area (Å²) in [6.45, 7) is 0.498. The molecule has 0 aliphatic carbocycles. The van der Waals surface area contributed by atoms with Crippen molar-refractivity contribution < 1.29 is 0 Å². The first-order valence-corrected chi connectivity index (χ1v) is 3.42. The van der Waals surface area contributed by atoms with Gasteiger partial charge in [-0.2, -0.15) is 0 Å². The monoisotopic (exact) mass is 152 g/mol. The lowest BCUT2D eigenvalue weighted by Gasteiger charge is -1.93. The van der Waals surface area contributed by atoms with Gasteiger partial charge in [0.25, 0.3) is 0 Å². The van der Waals surface area contributed by atoms with Crippen molar-refractivity contribution in [1.29, 1.82) is 5.41 Å². The summed E-state index contributed by atoms with van der Waals surface area (Å²) in [4.78, 5) is 3.05. The molecule has 0 aliphatic heterocycles. The highest BCUT2D eigenvalue weighted by atomic mass is 14.8. The molecule has 0 fully saturated rings. The van der Waals surface area contributed by atoms with E-state index in [9.17, 15) is 0 Å². The van der Waals surface area contributed by atoms with E-state index in [0.29, 0.717) is 13.0 Å². The molecule has 4 nitrogen and oxygen atoms in total. The first-order valence-electron chi connectivity index (χ1n) is 3.42. The summed E-state index contributed by atoms with van der Waals surface area (Å²) in [5.74, 6) is 0.162. The van der Waals surface area contributed by atoms with E-state index in [1.165, 1.54) is 0 Å². The third kappa shape index (κ3) is 2.09. The standard InChI is InChI=1S/C7H12N4/c8-4-6-2-1-5(11-6)3-7(9)10/h1-2,11H,3-4,8H2,(H3,9,10). The van der Waals surface area contributed by atoms with Gasteiger partial charge >= 0.3 is 0 Å². The number of nitrogens with two attached hydrogens (primary N) is 2. The minimum absolute atomic E-state index is 0.162. The SMILES string of the molecule is N=C(N)Cc1ccc(CN)[nH]1. The fraction of sp³-hybridized carbons (Fsp3) is 0.286. The highest BCUT2D eigenvalue weighted by Gasteiger charge is 1.97. The number of rotatable bonds is 3. The van der Waals surface area contributed by atoms with Gasteiger partial charge in [-0.25, -0.2) is 0 Å². The van der Waals surface area contributed by atoms with Crippen molar-refractivity contribution >= 4 is 5.84 Å². The molecule has 11 heavy (non-hydrogen) atoms. The maximum absolute atomic E-state index is 7.02. The van der Waals surface area contributed by atoms with Crippen LogP contribution < -0.4 is 11.5 Å². The fourth-order valence-corrected chi connectivity index (χ4v) is 0.918. The van der Waals surface area contributed by atoms with E-state index >= 15 is 0 Å². The third-order valence-electron chi connectivity index (χ3n) is 1.41. The van der Waals surface area contributed by atoms with E-state index < -0.39 is 0 Å². The van der Waals surface area contributed by atoms with Gasteiger partial charge in [-0.3, -0.25) is 5.41 Å². The Morgan fingerprint density at radius 2 is 2.09 bits per heavy atom. The Morgan fingerprint density at radius 3 is 2.55 bits per heavy atom. The molecule has 0 aliphatic rings. The number of aromatic amines is 1. The van der Waals surface area contributed by atoms with Gasteiger partial charge in [-0.05, 0) is 12.1 Å². The molecular formula is C7H12N4. The predicted octanol–water partition coefficient (Wildman–Crippen LogP) is -0.0481. The molecule has 0 spiro atoms. The molecule has 0 saturated carbocycles. The van der Waals surface area contributed by atoms with Crippen molar-refractivity contribution in [3.8, 4) is 0 Å². The Kier molecular flexibility index (Phi) is 2.28. The van der Waals surface area contributed by atoms with Gasteiger partial charge in [0, 0.05) is 24.4 Å². The molecule has 1 rings (SSSR count). The second-order valence-electron chi connectivity index (χ2n) is 2.41. The van der Waals surface area contributed by atoms with Crippen molar-refractivity contribution in [1.82, 2.24) is 4.98 Å². The van der Waals surface area contributed by atoms with Crippen LogP contribution in [0.4, 0.5) is 0 Å². The van der Waals surface area contributed by atoms with Gasteiger partial charge in [0.2, 0.25) is 0 Å². The molecule has 0 radical (unpaired) electrons. The first-order chi connectivity index (χ1) is 5.22. The average Bonchev–Trinajstić information content (AvgIpc) is 2.34. The maximum atomic E-state index is 7.02. The largest absolute Gasteiger partial charge is 0.387 e. The fourth-order valence-electron chi connectivity index (χ4n) is 0.918. The smallest absolute Gasteiger partial charge is 0.0965 e. The summed E-state index contributed by atoms with van der Waals surface area (Å²) >= 11 is 0. The van der Waals surface area contributed by atoms with Crippen LogP contribution in [0.2, 0.25) is 0 Å². The van der Waals surface area contributed by atoms with Gasteiger partial charge in [0.05, 0.1) is 5.84 Å². The highest BCUT2D eigenvalue weighted by molar-refractivity contribution is 5.79. The lowest BCUT2D eigenvalue weighted by molar-refractivity contribution is 0.989. The summed E-state index contributed by atoms with van der Waals surface area (Å²) in [5.41, 5.74) is 12.5. The summed E-state index contributed by atoms with van der Waals surface area (Å²) < 4.78 is 0. The van der Waals surface area contributed by atoms with E-state index in [1.54, 1.807) is 0 Å². The molecule has 0 aromatic carbocycles. The molecule has 6 N–H and O–H groups in total. The number of hydrogen-bond acceptors (Lipinski definition) is 2. The summed E-state index contributed by atoms with van der Waals surface area (Å²) in [6.07, 6.45) is 0.472. The molecule has 1 aromatic heterocycles. The lowest BCUT2D eigenvalue weighted by atomic mass is 10.3. The Bertz CT molecular complexity index is 251. The van der Waals surface area contributed by atoms with Crippen molar-refractivity contribution in [3.63, 3.8) is 0 Å². The normalized spacial score (nSPS) is 9.91. The molecule has 0 bridgehead atoms. The zero-order chi connectivity index (χ0) is 8.27. The zero-order valence-electron chi connectivity index (χ0n) is 6.22. The highest BCUT2D eigenvalue weighted by Crippen LogP contribution is 2.00. The van der Waals surface area contributed by atoms with Gasteiger partial charge in [-0.1, -0.05) is 0 Å². The van der Waals surface area contributed by atoms with Crippen LogP contribution in [0.25, 0.3) is 0 Å². The molecule has 0 unspecified atom stereocenters. The van der Waals surface area contributed by atoms with Gasteiger partial charge in [0.1, 0.15) is 0 Å². The second kappa shape index (κ2) is 3.21. The lowest BCUT2D eigenvalue weighted by Crippen LogP contribution is -2.12. The topological polar surface area (TPSA) is 91.7 Å². The van der Waals surface area contributed by atoms with E-state index in [-0.39, 0.29) is 5.84 Å². The van der Waals surface area contributed by atoms with Crippen LogP contribution in [-0.2, 0) is 13.0 Å². The number of nitrogens with one attached hydrogen (secondary N) is 2. The number of hydrogen-bond donors (Lipinski definition) is 4. The predicted molar refractivity (Wildman–Crippen MR) is 44.3 cm³/mol. The average molecular weight is 152 g/mol. The number of H-pyrrole nitrogens is 1. The Hall–Kier alpha value is -1.29. The van der Waals surface area contributed by atoms with E-state index in [2.05, 4.69) is 4.98 Å². The molecular weight excluding hydrogens is 140 g/mol. The molecule has 0 amide bonds. The van der Waals surface area contributed by atoms with E-state index in [4.69, 9.17) is 16.9 Å². The van der Waals surface area contributed by atoms with E-state index in [0.717, 1.165) is 11.4 Å². The van der Waals surface area contributed by atoms with Gasteiger partial charge in [-0.15, -0.1) is 0 Å². The van der Waals surface area contributed by atoms with Crippen molar-refractivity contribution in [2.75, 3.05) is 0 Å². The van der Waals surface area contributed by atoms with Crippen LogP contribution in [0.5, 0.6) is 0 Å². The van der Waals surface area contributed by atoms with Crippen LogP contribution >= 0.6 is 0 Å². The Labute approximate surface area is 65.1 Å². The number of amidine groups is 1. The van der Waals surface area contributed by atoms with Crippen LogP contribution in [0, 0.1) is 5.41 Å². The van der Waals surface area contributed by atoms with Crippen LogP contribution in [0.1, 0.15) is 11.4 Å². The first kappa shape index (κ1) is 7.81. The van der Waals surface area contributed by atoms with Gasteiger partial charge < -0.3 is 16.5 Å². The minimum atomic E-state index is 0.162. The van der Waals surface area contributed by atoms with Crippen LogP contribution in [0.3, 0.4) is 0 Å². The quantitative estimate of drug-likeness (QED) is 0.361. The molecule has 4 heteroatoms. The summed E-state index contributed by atoms with van der Waals surface area (Å²) in [5, 5.41) is 7.02. The Morgan fingerprint density at radius 1 is 1.45 bits per heavy atom. The van der Waals surface area contributed by atoms with Crippen molar-refractivity contribution in [2.45, 2.75) is 13.0 Å². The second-order valence-corrected chi connectivity index (χ2v) is 2.41. The molecule has 0 atom stereocenters. The zero-order valence-corrected chi connectivity index (χ0v) is 6.22. The summed E-state index contributed by atoms with van der Waals surface area (Å²) in [7, 11) is 0. The van der Waals surface area contributed by atoms with Gasteiger partial charge in [0.15, 0.2) is 0 Å². The van der Waals surface area contributed by atoms with Crippen molar-refractivity contribution in [2.24, 2.45) is 11.5 Å². The molecule has 0 saturated heterocycles.